The van der Waals surface area contributed by atoms with E-state index in [-0.39, 0.29) is 10.7 Å². The number of benzene rings is 1. The van der Waals surface area contributed by atoms with Gasteiger partial charge in [-0.3, -0.25) is 4.79 Å². The first kappa shape index (κ1) is 10.2. The van der Waals surface area contributed by atoms with Gasteiger partial charge in [0.1, 0.15) is 0 Å². The van der Waals surface area contributed by atoms with Crippen molar-refractivity contribution in [1.29, 1.82) is 0 Å². The molecule has 84 valence electrons. The Morgan fingerprint density at radius 1 is 1.31 bits per heavy atom. The van der Waals surface area contributed by atoms with Crippen LogP contribution in [0.2, 0.25) is 0 Å². The monoisotopic (exact) mass is 234 g/mol. The van der Waals surface area contributed by atoms with E-state index in [0.29, 0.717) is 0 Å². The van der Waals surface area contributed by atoms with Crippen LogP contribution in [-0.4, -0.2) is 15.8 Å². The summed E-state index contributed by atoms with van der Waals surface area (Å²) >= 11 is 1.80. The molecule has 1 saturated carbocycles. The fourth-order valence-electron chi connectivity index (χ4n) is 3.10. The molecule has 1 aliphatic heterocycles. The second-order valence-electron chi connectivity index (χ2n) is 4.68. The molecule has 2 aliphatic rings. The number of carbonyl (C=O) groups is 1. The number of hydrogen-bond donors (Lipinski definition) is 1. The molecule has 1 aromatic carbocycles. The second kappa shape index (κ2) is 3.52. The Hall–Kier alpha value is -0.960. The molecule has 0 aromatic heterocycles. The summed E-state index contributed by atoms with van der Waals surface area (Å²) in [6, 6.07) is 7.99. The van der Waals surface area contributed by atoms with Crippen LogP contribution in [0.3, 0.4) is 0 Å². The zero-order chi connectivity index (χ0) is 11.2. The first-order valence-corrected chi connectivity index (χ1v) is 6.55. The van der Waals surface area contributed by atoms with Crippen molar-refractivity contribution in [1.82, 2.24) is 0 Å². The summed E-state index contributed by atoms with van der Waals surface area (Å²) in [5.74, 6) is -0.949. The lowest BCUT2D eigenvalue weighted by Crippen LogP contribution is -2.31. The van der Waals surface area contributed by atoms with Crippen molar-refractivity contribution in [3.63, 3.8) is 0 Å². The van der Waals surface area contributed by atoms with Gasteiger partial charge in [0.2, 0.25) is 0 Å². The third-order valence-electron chi connectivity index (χ3n) is 3.77. The number of aliphatic carboxylic acids is 1. The number of fused-ring (bicyclic) bond motifs is 1. The molecule has 0 radical (unpaired) electrons. The molecule has 2 nitrogen and oxygen atoms in total. The van der Waals surface area contributed by atoms with E-state index < -0.39 is 5.97 Å². The van der Waals surface area contributed by atoms with Gasteiger partial charge < -0.3 is 5.11 Å². The average molecular weight is 234 g/mol. The quantitative estimate of drug-likeness (QED) is 0.810. The van der Waals surface area contributed by atoms with E-state index in [1.807, 2.05) is 18.2 Å². The number of rotatable bonds is 1. The van der Waals surface area contributed by atoms with Gasteiger partial charge in [-0.1, -0.05) is 31.0 Å². The summed E-state index contributed by atoms with van der Waals surface area (Å²) in [4.78, 5) is 12.7. The van der Waals surface area contributed by atoms with Crippen molar-refractivity contribution in [2.24, 2.45) is 0 Å². The van der Waals surface area contributed by atoms with Gasteiger partial charge in [0.15, 0.2) is 0 Å². The average Bonchev–Trinajstić information content (AvgIpc) is 2.82. The van der Waals surface area contributed by atoms with E-state index in [9.17, 15) is 9.90 Å². The van der Waals surface area contributed by atoms with E-state index in [2.05, 4.69) is 6.07 Å². The van der Waals surface area contributed by atoms with Gasteiger partial charge in [-0.2, -0.15) is 0 Å². The van der Waals surface area contributed by atoms with Crippen LogP contribution in [0.5, 0.6) is 0 Å². The Balaban J connectivity index is 2.10. The molecule has 1 fully saturated rings. The topological polar surface area (TPSA) is 37.3 Å². The molecule has 3 heteroatoms. The zero-order valence-corrected chi connectivity index (χ0v) is 9.80. The largest absolute Gasteiger partial charge is 0.481 e. The van der Waals surface area contributed by atoms with Crippen LogP contribution in [0, 0.1) is 0 Å². The van der Waals surface area contributed by atoms with E-state index in [4.69, 9.17) is 0 Å². The van der Waals surface area contributed by atoms with Gasteiger partial charge in [0, 0.05) is 9.64 Å². The Bertz CT molecular complexity index is 435. The van der Waals surface area contributed by atoms with Gasteiger partial charge in [0.25, 0.3) is 0 Å². The van der Waals surface area contributed by atoms with Crippen LogP contribution < -0.4 is 0 Å². The van der Waals surface area contributed by atoms with Crippen molar-refractivity contribution < 1.29 is 9.90 Å². The molecule has 1 heterocycles. The van der Waals surface area contributed by atoms with Crippen molar-refractivity contribution in [3.8, 4) is 0 Å². The van der Waals surface area contributed by atoms with Crippen molar-refractivity contribution in [3.05, 3.63) is 29.8 Å². The van der Waals surface area contributed by atoms with Gasteiger partial charge in [0.05, 0.1) is 5.92 Å². The van der Waals surface area contributed by atoms with E-state index >= 15 is 0 Å². The summed E-state index contributed by atoms with van der Waals surface area (Å²) in [5.41, 5.74) is 1.03. The number of carboxylic acid groups (broad SMARTS) is 1. The van der Waals surface area contributed by atoms with E-state index in [0.717, 1.165) is 18.4 Å². The second-order valence-corrected chi connectivity index (χ2v) is 6.14. The standard InChI is InChI=1S/C13H14O2S/c14-12(15)11-9-5-1-2-6-10(9)16-13(11)7-3-4-8-13/h1-2,5-6,11H,3-4,7-8H2,(H,14,15). The number of carboxylic acids is 1. The predicted molar refractivity (Wildman–Crippen MR) is 63.9 cm³/mol. The molecule has 1 unspecified atom stereocenters. The number of hydrogen-bond acceptors (Lipinski definition) is 2. The Morgan fingerprint density at radius 3 is 2.69 bits per heavy atom. The van der Waals surface area contributed by atoms with Crippen molar-refractivity contribution >= 4 is 17.7 Å². The minimum atomic E-state index is -0.653. The van der Waals surface area contributed by atoms with Crippen LogP contribution in [0.4, 0.5) is 0 Å². The highest BCUT2D eigenvalue weighted by molar-refractivity contribution is 8.01. The maximum atomic E-state index is 11.5. The third-order valence-corrected chi connectivity index (χ3v) is 5.41. The molecule has 0 bridgehead atoms. The lowest BCUT2D eigenvalue weighted by Gasteiger charge is -2.27. The van der Waals surface area contributed by atoms with Crippen molar-refractivity contribution in [2.45, 2.75) is 41.2 Å². The van der Waals surface area contributed by atoms with Crippen LogP contribution >= 0.6 is 11.8 Å². The van der Waals surface area contributed by atoms with Gasteiger partial charge in [-0.25, -0.2) is 0 Å². The SMILES string of the molecule is O=C(O)C1c2ccccc2SC12CCCC2. The van der Waals surface area contributed by atoms with E-state index in [1.54, 1.807) is 11.8 Å². The summed E-state index contributed by atoms with van der Waals surface area (Å²) in [7, 11) is 0. The minimum Gasteiger partial charge on any atom is -0.481 e. The van der Waals surface area contributed by atoms with Crippen LogP contribution in [0.15, 0.2) is 29.2 Å². The number of thioether (sulfide) groups is 1. The molecule has 1 spiro atoms. The fourth-order valence-corrected chi connectivity index (χ4v) is 4.82. The Labute approximate surface area is 99.1 Å². The molecular formula is C13H14O2S. The lowest BCUT2D eigenvalue weighted by atomic mass is 9.84. The molecule has 3 rings (SSSR count). The van der Waals surface area contributed by atoms with Gasteiger partial charge >= 0.3 is 5.97 Å². The van der Waals surface area contributed by atoms with E-state index in [1.165, 1.54) is 17.7 Å². The molecule has 1 aliphatic carbocycles. The van der Waals surface area contributed by atoms with Gasteiger partial charge in [-0.05, 0) is 24.5 Å². The Kier molecular flexibility index (Phi) is 2.25. The zero-order valence-electron chi connectivity index (χ0n) is 8.98. The first-order chi connectivity index (χ1) is 7.73. The molecule has 0 saturated heterocycles. The molecular weight excluding hydrogens is 220 g/mol. The fraction of sp³-hybridized carbons (Fsp3) is 0.462. The first-order valence-electron chi connectivity index (χ1n) is 5.74. The summed E-state index contributed by atoms with van der Waals surface area (Å²) < 4.78 is -0.0461. The summed E-state index contributed by atoms with van der Waals surface area (Å²) in [6.07, 6.45) is 4.43. The molecule has 16 heavy (non-hydrogen) atoms. The minimum absolute atomic E-state index is 0.0461. The smallest absolute Gasteiger partial charge is 0.312 e. The predicted octanol–water partition coefficient (Wildman–Crippen LogP) is 3.27. The summed E-state index contributed by atoms with van der Waals surface area (Å²) in [5, 5.41) is 9.47. The maximum Gasteiger partial charge on any atom is 0.312 e. The highest BCUT2D eigenvalue weighted by atomic mass is 32.2. The molecule has 0 amide bonds. The van der Waals surface area contributed by atoms with Crippen molar-refractivity contribution in [2.75, 3.05) is 0 Å². The van der Waals surface area contributed by atoms with Crippen LogP contribution in [0.25, 0.3) is 0 Å². The normalized spacial score (nSPS) is 25.9. The highest BCUT2D eigenvalue weighted by Gasteiger charge is 2.51. The summed E-state index contributed by atoms with van der Waals surface area (Å²) in [6.45, 7) is 0. The van der Waals surface area contributed by atoms with Crippen LogP contribution in [-0.2, 0) is 4.79 Å². The molecule has 1 aromatic rings. The Morgan fingerprint density at radius 2 is 2.00 bits per heavy atom. The third kappa shape index (κ3) is 1.31. The van der Waals surface area contributed by atoms with Crippen LogP contribution in [0.1, 0.15) is 37.2 Å². The molecule has 1 atom stereocenters. The lowest BCUT2D eigenvalue weighted by molar-refractivity contribution is -0.139. The van der Waals surface area contributed by atoms with Gasteiger partial charge in [-0.15, -0.1) is 11.8 Å². The maximum absolute atomic E-state index is 11.5. The molecule has 1 N–H and O–H groups in total. The highest BCUT2D eigenvalue weighted by Crippen LogP contribution is 2.60.